The van der Waals surface area contributed by atoms with E-state index >= 15 is 0 Å². The van der Waals surface area contributed by atoms with Crippen LogP contribution in [0.2, 0.25) is 0 Å². The highest BCUT2D eigenvalue weighted by atomic mass is 32.2. The number of carbonyl (C=O) groups is 1. The summed E-state index contributed by atoms with van der Waals surface area (Å²) in [5, 5.41) is 12.2. The van der Waals surface area contributed by atoms with Gasteiger partial charge in [-0.15, -0.1) is 11.8 Å². The third-order valence-electron chi connectivity index (χ3n) is 2.35. The van der Waals surface area contributed by atoms with Gasteiger partial charge in [0.05, 0.1) is 5.75 Å². The smallest absolute Gasteiger partial charge is 0.329 e. The summed E-state index contributed by atoms with van der Waals surface area (Å²) in [6.45, 7) is 1.67. The van der Waals surface area contributed by atoms with Crippen LogP contribution in [0.3, 0.4) is 0 Å². The molecule has 1 aromatic carbocycles. The molecule has 0 unspecified atom stereocenters. The molecule has 0 saturated carbocycles. The third kappa shape index (κ3) is 4.67. The molecule has 0 amide bonds. The van der Waals surface area contributed by atoms with Crippen LogP contribution in [0.4, 0.5) is 0 Å². The van der Waals surface area contributed by atoms with Crippen molar-refractivity contribution in [2.75, 3.05) is 6.61 Å². The molecule has 2 aromatic rings. The van der Waals surface area contributed by atoms with Crippen molar-refractivity contribution >= 4 is 17.7 Å². The molecule has 0 aliphatic rings. The second kappa shape index (κ2) is 7.06. The number of aromatic nitrogens is 2. The molecule has 6 nitrogen and oxygen atoms in total. The van der Waals surface area contributed by atoms with E-state index in [0.717, 1.165) is 4.90 Å². The van der Waals surface area contributed by atoms with E-state index in [1.165, 1.54) is 5.56 Å². The lowest BCUT2D eigenvalue weighted by atomic mass is 10.2. The molecule has 0 saturated heterocycles. The molecule has 1 heterocycles. The molecule has 106 valence electrons. The second-order valence-electron chi connectivity index (χ2n) is 4.09. The van der Waals surface area contributed by atoms with E-state index < -0.39 is 5.97 Å². The number of hydrogen-bond donors (Lipinski definition) is 1. The highest BCUT2D eigenvalue weighted by Gasteiger charge is 2.08. The van der Waals surface area contributed by atoms with Crippen molar-refractivity contribution in [3.63, 3.8) is 0 Å². The van der Waals surface area contributed by atoms with Crippen LogP contribution < -0.4 is 0 Å². The molecule has 0 aliphatic carbocycles. The maximum absolute atomic E-state index is 10.3. The molecular formula is C13H14N2O4S. The van der Waals surface area contributed by atoms with Gasteiger partial charge in [0.1, 0.15) is 13.2 Å². The number of nitrogens with zero attached hydrogens (tertiary/aromatic N) is 2. The van der Waals surface area contributed by atoms with Crippen molar-refractivity contribution in [1.82, 2.24) is 10.1 Å². The first-order valence-electron chi connectivity index (χ1n) is 5.94. The Morgan fingerprint density at radius 2 is 2.15 bits per heavy atom. The fraction of sp³-hybridized carbons (Fsp3) is 0.308. The maximum Gasteiger partial charge on any atom is 0.329 e. The molecule has 0 atom stereocenters. The van der Waals surface area contributed by atoms with Gasteiger partial charge in [-0.1, -0.05) is 22.9 Å². The van der Waals surface area contributed by atoms with E-state index in [1.807, 2.05) is 31.2 Å². The second-order valence-corrected chi connectivity index (χ2v) is 5.14. The van der Waals surface area contributed by atoms with Crippen LogP contribution in [0.5, 0.6) is 0 Å². The number of hydrogen-bond acceptors (Lipinski definition) is 6. The van der Waals surface area contributed by atoms with Gasteiger partial charge in [-0.25, -0.2) is 4.79 Å². The first-order chi connectivity index (χ1) is 9.63. The van der Waals surface area contributed by atoms with E-state index in [2.05, 4.69) is 10.1 Å². The molecule has 1 N–H and O–H groups in total. The Labute approximate surface area is 120 Å². The van der Waals surface area contributed by atoms with Crippen LogP contribution in [0.25, 0.3) is 0 Å². The van der Waals surface area contributed by atoms with Crippen molar-refractivity contribution in [3.8, 4) is 0 Å². The Morgan fingerprint density at radius 3 is 2.85 bits per heavy atom. The molecule has 7 heteroatoms. The SMILES string of the molecule is Cc1ccc(SCc2noc(COCC(=O)O)n2)cc1. The topological polar surface area (TPSA) is 85.5 Å². The van der Waals surface area contributed by atoms with Crippen LogP contribution in [-0.4, -0.2) is 27.8 Å². The van der Waals surface area contributed by atoms with E-state index in [9.17, 15) is 4.79 Å². The van der Waals surface area contributed by atoms with Gasteiger partial charge in [-0.2, -0.15) is 4.98 Å². The Bertz CT molecular complexity index is 568. The molecule has 20 heavy (non-hydrogen) atoms. The number of carboxylic acid groups (broad SMARTS) is 1. The lowest BCUT2D eigenvalue weighted by Gasteiger charge is -1.98. The minimum absolute atomic E-state index is 0.00843. The normalized spacial score (nSPS) is 10.7. The Hall–Kier alpha value is -1.86. The molecule has 1 aromatic heterocycles. The number of aliphatic carboxylic acids is 1. The van der Waals surface area contributed by atoms with Gasteiger partial charge in [-0.3, -0.25) is 0 Å². The monoisotopic (exact) mass is 294 g/mol. The molecule has 2 rings (SSSR count). The van der Waals surface area contributed by atoms with E-state index in [1.54, 1.807) is 11.8 Å². The Kier molecular flexibility index (Phi) is 5.14. The predicted octanol–water partition coefficient (Wildman–Crippen LogP) is 2.27. The molecule has 0 aliphatic heterocycles. The average molecular weight is 294 g/mol. The largest absolute Gasteiger partial charge is 0.480 e. The summed E-state index contributed by atoms with van der Waals surface area (Å²) in [4.78, 5) is 15.5. The zero-order valence-electron chi connectivity index (χ0n) is 10.9. The van der Waals surface area contributed by atoms with Gasteiger partial charge in [-0.05, 0) is 19.1 Å². The van der Waals surface area contributed by atoms with Crippen LogP contribution >= 0.6 is 11.8 Å². The van der Waals surface area contributed by atoms with Gasteiger partial charge in [0.2, 0.25) is 0 Å². The minimum Gasteiger partial charge on any atom is -0.480 e. The molecule has 0 spiro atoms. The summed E-state index contributed by atoms with van der Waals surface area (Å²) in [7, 11) is 0. The summed E-state index contributed by atoms with van der Waals surface area (Å²) in [6, 6.07) is 8.17. The average Bonchev–Trinajstić information content (AvgIpc) is 2.86. The maximum atomic E-state index is 10.3. The third-order valence-corrected chi connectivity index (χ3v) is 3.36. The summed E-state index contributed by atoms with van der Waals surface area (Å²) < 4.78 is 9.83. The number of thioether (sulfide) groups is 1. The number of carboxylic acids is 1. The summed E-state index contributed by atoms with van der Waals surface area (Å²) in [5.41, 5.74) is 1.21. The van der Waals surface area contributed by atoms with Crippen molar-refractivity contribution < 1.29 is 19.2 Å². The first kappa shape index (κ1) is 14.5. The zero-order valence-corrected chi connectivity index (χ0v) is 11.7. The van der Waals surface area contributed by atoms with Crippen LogP contribution in [0.1, 0.15) is 17.3 Å². The van der Waals surface area contributed by atoms with Gasteiger partial charge in [0.25, 0.3) is 5.89 Å². The van der Waals surface area contributed by atoms with E-state index in [-0.39, 0.29) is 19.1 Å². The number of aryl methyl sites for hydroxylation is 1. The quantitative estimate of drug-likeness (QED) is 0.784. The molecular weight excluding hydrogens is 280 g/mol. The highest BCUT2D eigenvalue weighted by Crippen LogP contribution is 2.21. The lowest BCUT2D eigenvalue weighted by Crippen LogP contribution is -2.06. The summed E-state index contributed by atoms with van der Waals surface area (Å²) in [5.74, 6) is 0.404. The first-order valence-corrected chi connectivity index (χ1v) is 6.92. The molecule has 0 radical (unpaired) electrons. The highest BCUT2D eigenvalue weighted by molar-refractivity contribution is 7.98. The van der Waals surface area contributed by atoms with Crippen molar-refractivity contribution in [2.45, 2.75) is 24.2 Å². The van der Waals surface area contributed by atoms with Crippen molar-refractivity contribution in [2.24, 2.45) is 0 Å². The summed E-state index contributed by atoms with van der Waals surface area (Å²) in [6.07, 6.45) is 0. The van der Waals surface area contributed by atoms with E-state index in [4.69, 9.17) is 14.4 Å². The van der Waals surface area contributed by atoms with Gasteiger partial charge in [0.15, 0.2) is 5.82 Å². The van der Waals surface area contributed by atoms with Crippen LogP contribution in [0, 0.1) is 6.92 Å². The minimum atomic E-state index is -1.03. The number of rotatable bonds is 7. The van der Waals surface area contributed by atoms with Crippen molar-refractivity contribution in [1.29, 1.82) is 0 Å². The van der Waals surface area contributed by atoms with Gasteiger partial charge in [0, 0.05) is 4.90 Å². The standard InChI is InChI=1S/C13H14N2O4S/c1-9-2-4-10(5-3-9)20-8-11-14-12(19-15-11)6-18-7-13(16)17/h2-5H,6-8H2,1H3,(H,16,17). The fourth-order valence-corrected chi connectivity index (χ4v) is 2.16. The number of benzene rings is 1. The number of ether oxygens (including phenoxy) is 1. The van der Waals surface area contributed by atoms with Crippen molar-refractivity contribution in [3.05, 3.63) is 41.5 Å². The van der Waals surface area contributed by atoms with Gasteiger partial charge < -0.3 is 14.4 Å². The Morgan fingerprint density at radius 1 is 1.40 bits per heavy atom. The lowest BCUT2D eigenvalue weighted by molar-refractivity contribution is -0.142. The molecule has 0 bridgehead atoms. The Balaban J connectivity index is 1.80. The predicted molar refractivity (Wildman–Crippen MR) is 72.3 cm³/mol. The van der Waals surface area contributed by atoms with Crippen LogP contribution in [0.15, 0.2) is 33.7 Å². The van der Waals surface area contributed by atoms with E-state index in [0.29, 0.717) is 11.6 Å². The molecule has 0 fully saturated rings. The summed E-state index contributed by atoms with van der Waals surface area (Å²) >= 11 is 1.60. The zero-order chi connectivity index (χ0) is 14.4. The van der Waals surface area contributed by atoms with Gasteiger partial charge >= 0.3 is 5.97 Å². The fourth-order valence-electron chi connectivity index (χ4n) is 1.42. The van der Waals surface area contributed by atoms with Crippen LogP contribution in [-0.2, 0) is 21.9 Å².